The van der Waals surface area contributed by atoms with E-state index in [1.807, 2.05) is 0 Å². The molecule has 110 valence electrons. The minimum absolute atomic E-state index is 0.0912. The molecule has 0 saturated carbocycles. The van der Waals surface area contributed by atoms with Crippen LogP contribution in [0.4, 0.5) is 11.4 Å². The van der Waals surface area contributed by atoms with Crippen LogP contribution in [0.2, 0.25) is 0 Å². The Balaban J connectivity index is 1.94. The molecule has 1 amide bonds. The van der Waals surface area contributed by atoms with E-state index >= 15 is 0 Å². The molecule has 2 aromatic rings. The predicted molar refractivity (Wildman–Crippen MR) is 77.6 cm³/mol. The zero-order valence-corrected chi connectivity index (χ0v) is 12.3. The van der Waals surface area contributed by atoms with E-state index < -0.39 is 10.0 Å². The Morgan fingerprint density at radius 3 is 2.71 bits per heavy atom. The van der Waals surface area contributed by atoms with Gasteiger partial charge in [-0.2, -0.15) is 5.10 Å². The highest BCUT2D eigenvalue weighted by Gasteiger charge is 2.23. The van der Waals surface area contributed by atoms with Crippen molar-refractivity contribution in [2.24, 2.45) is 0 Å². The molecular weight excluding hydrogens is 292 g/mol. The lowest BCUT2D eigenvalue weighted by Crippen LogP contribution is -2.14. The topological polar surface area (TPSA) is 104 Å². The van der Waals surface area contributed by atoms with Crippen LogP contribution in [-0.2, 0) is 21.2 Å². The number of aromatic nitrogens is 2. The largest absolute Gasteiger partial charge is 0.326 e. The molecule has 0 fully saturated rings. The minimum Gasteiger partial charge on any atom is -0.326 e. The van der Waals surface area contributed by atoms with Crippen LogP contribution in [0.1, 0.15) is 17.0 Å². The van der Waals surface area contributed by atoms with E-state index in [1.165, 1.54) is 0 Å². The van der Waals surface area contributed by atoms with Gasteiger partial charge in [-0.05, 0) is 37.6 Å². The van der Waals surface area contributed by atoms with Crippen molar-refractivity contribution >= 4 is 27.3 Å². The van der Waals surface area contributed by atoms with Crippen LogP contribution in [0.25, 0.3) is 0 Å². The highest BCUT2D eigenvalue weighted by atomic mass is 32.2. The lowest BCUT2D eigenvalue weighted by molar-refractivity contribution is -0.115. The molecule has 1 aromatic carbocycles. The van der Waals surface area contributed by atoms with Gasteiger partial charge in [-0.1, -0.05) is 0 Å². The third-order valence-electron chi connectivity index (χ3n) is 3.31. The Kier molecular flexibility index (Phi) is 2.98. The van der Waals surface area contributed by atoms with Crippen molar-refractivity contribution in [3.8, 4) is 0 Å². The molecule has 1 aromatic heterocycles. The Bertz CT molecular complexity index is 820. The van der Waals surface area contributed by atoms with Gasteiger partial charge in [-0.3, -0.25) is 14.6 Å². The van der Waals surface area contributed by atoms with Gasteiger partial charge < -0.3 is 5.32 Å². The summed E-state index contributed by atoms with van der Waals surface area (Å²) in [6.07, 6.45) is 0.259. The first-order chi connectivity index (χ1) is 9.87. The third-order valence-corrected chi connectivity index (χ3v) is 4.96. The summed E-state index contributed by atoms with van der Waals surface area (Å²) < 4.78 is 27.4. The van der Waals surface area contributed by atoms with E-state index in [1.54, 1.807) is 32.0 Å². The molecule has 1 aliphatic rings. The molecule has 0 radical (unpaired) electrons. The Morgan fingerprint density at radius 1 is 1.29 bits per heavy atom. The second kappa shape index (κ2) is 4.59. The average molecular weight is 306 g/mol. The summed E-state index contributed by atoms with van der Waals surface area (Å²) in [5, 5.41) is 9.25. The van der Waals surface area contributed by atoms with Crippen LogP contribution in [0.15, 0.2) is 23.1 Å². The standard InChI is InChI=1S/C13H14N4O3S/c1-7-13(8(2)16-15-7)21(19,20)17-10-3-4-11-9(5-10)6-12(18)14-11/h3-5,17H,6H2,1-2H3,(H,14,18)(H,15,16). The monoisotopic (exact) mass is 306 g/mol. The Morgan fingerprint density at radius 2 is 2.05 bits per heavy atom. The maximum atomic E-state index is 12.4. The van der Waals surface area contributed by atoms with Gasteiger partial charge in [-0.15, -0.1) is 0 Å². The van der Waals surface area contributed by atoms with E-state index in [9.17, 15) is 13.2 Å². The molecule has 0 atom stereocenters. The van der Waals surface area contributed by atoms with E-state index in [-0.39, 0.29) is 17.2 Å². The van der Waals surface area contributed by atoms with Crippen molar-refractivity contribution in [1.82, 2.24) is 10.2 Å². The molecule has 2 heterocycles. The van der Waals surface area contributed by atoms with Gasteiger partial charge >= 0.3 is 0 Å². The highest BCUT2D eigenvalue weighted by molar-refractivity contribution is 7.92. The summed E-state index contributed by atoms with van der Waals surface area (Å²) in [6.45, 7) is 3.28. The lowest BCUT2D eigenvalue weighted by atomic mass is 10.1. The summed E-state index contributed by atoms with van der Waals surface area (Å²) in [5.41, 5.74) is 2.82. The van der Waals surface area contributed by atoms with Gasteiger partial charge in [0.15, 0.2) is 0 Å². The van der Waals surface area contributed by atoms with Crippen LogP contribution in [-0.4, -0.2) is 24.5 Å². The number of aromatic amines is 1. The number of nitrogens with one attached hydrogen (secondary N) is 3. The average Bonchev–Trinajstić information content (AvgIpc) is 2.90. The molecule has 0 unspecified atom stereocenters. The maximum absolute atomic E-state index is 12.4. The van der Waals surface area contributed by atoms with Crippen molar-refractivity contribution in [3.05, 3.63) is 35.2 Å². The zero-order chi connectivity index (χ0) is 15.2. The van der Waals surface area contributed by atoms with Gasteiger partial charge in [0.2, 0.25) is 5.91 Å². The molecule has 1 aliphatic heterocycles. The van der Waals surface area contributed by atoms with Crippen LogP contribution < -0.4 is 10.0 Å². The molecule has 0 saturated heterocycles. The first-order valence-corrected chi connectivity index (χ1v) is 7.82. The van der Waals surface area contributed by atoms with E-state index in [0.29, 0.717) is 17.1 Å². The minimum atomic E-state index is -3.71. The van der Waals surface area contributed by atoms with Crippen LogP contribution >= 0.6 is 0 Å². The van der Waals surface area contributed by atoms with Gasteiger partial charge in [-0.25, -0.2) is 8.42 Å². The Hall–Kier alpha value is -2.35. The van der Waals surface area contributed by atoms with Gasteiger partial charge in [0.05, 0.1) is 17.8 Å². The van der Waals surface area contributed by atoms with Crippen molar-refractivity contribution in [2.75, 3.05) is 10.0 Å². The van der Waals surface area contributed by atoms with Crippen molar-refractivity contribution in [1.29, 1.82) is 0 Å². The second-order valence-electron chi connectivity index (χ2n) is 4.97. The molecule has 3 rings (SSSR count). The van der Waals surface area contributed by atoms with Crippen molar-refractivity contribution in [2.45, 2.75) is 25.2 Å². The predicted octanol–water partition coefficient (Wildman–Crippen LogP) is 1.32. The number of H-pyrrole nitrogens is 1. The number of aryl methyl sites for hydroxylation is 2. The molecule has 0 spiro atoms. The van der Waals surface area contributed by atoms with E-state index in [2.05, 4.69) is 20.2 Å². The number of nitrogens with zero attached hydrogens (tertiary/aromatic N) is 1. The van der Waals surface area contributed by atoms with Gasteiger partial charge in [0.25, 0.3) is 10.0 Å². The number of hydrogen-bond donors (Lipinski definition) is 3. The Labute approximate surface area is 121 Å². The number of amides is 1. The number of anilines is 2. The quantitative estimate of drug-likeness (QED) is 0.795. The molecule has 21 heavy (non-hydrogen) atoms. The number of fused-ring (bicyclic) bond motifs is 1. The summed E-state index contributed by atoms with van der Waals surface area (Å²) in [5.74, 6) is -0.0912. The number of rotatable bonds is 3. The molecular formula is C13H14N4O3S. The molecule has 7 nitrogen and oxygen atoms in total. The lowest BCUT2D eigenvalue weighted by Gasteiger charge is -2.09. The summed E-state index contributed by atoms with van der Waals surface area (Å²) >= 11 is 0. The first-order valence-electron chi connectivity index (χ1n) is 6.34. The number of carbonyl (C=O) groups excluding carboxylic acids is 1. The number of hydrogen-bond acceptors (Lipinski definition) is 4. The fraction of sp³-hybridized carbons (Fsp3) is 0.231. The van der Waals surface area contributed by atoms with Gasteiger partial charge in [0.1, 0.15) is 4.90 Å². The smallest absolute Gasteiger partial charge is 0.265 e. The van der Waals surface area contributed by atoms with Gasteiger partial charge in [0, 0.05) is 11.4 Å². The van der Waals surface area contributed by atoms with E-state index in [4.69, 9.17) is 0 Å². The second-order valence-corrected chi connectivity index (χ2v) is 6.58. The summed E-state index contributed by atoms with van der Waals surface area (Å²) in [4.78, 5) is 11.5. The number of carbonyl (C=O) groups is 1. The normalized spacial score (nSPS) is 13.9. The van der Waals surface area contributed by atoms with Crippen molar-refractivity contribution in [3.63, 3.8) is 0 Å². The summed E-state index contributed by atoms with van der Waals surface area (Å²) in [6, 6.07) is 4.97. The van der Waals surface area contributed by atoms with Crippen LogP contribution in [0.3, 0.4) is 0 Å². The first kappa shape index (κ1) is 13.6. The third kappa shape index (κ3) is 2.38. The van der Waals surface area contributed by atoms with Crippen LogP contribution in [0, 0.1) is 13.8 Å². The fourth-order valence-corrected chi connectivity index (χ4v) is 3.86. The molecule has 0 bridgehead atoms. The zero-order valence-electron chi connectivity index (χ0n) is 11.5. The summed E-state index contributed by atoms with van der Waals surface area (Å²) in [7, 11) is -3.71. The number of benzene rings is 1. The maximum Gasteiger partial charge on any atom is 0.265 e. The SMILES string of the molecule is Cc1n[nH]c(C)c1S(=O)(=O)Nc1ccc2c(c1)CC(=O)N2. The fourth-order valence-electron chi connectivity index (χ4n) is 2.44. The van der Waals surface area contributed by atoms with Crippen molar-refractivity contribution < 1.29 is 13.2 Å². The van der Waals surface area contributed by atoms with E-state index in [0.717, 1.165) is 11.3 Å². The molecule has 3 N–H and O–H groups in total. The molecule has 8 heteroatoms. The number of sulfonamides is 1. The highest BCUT2D eigenvalue weighted by Crippen LogP contribution is 2.28. The van der Waals surface area contributed by atoms with Crippen LogP contribution in [0.5, 0.6) is 0 Å². The molecule has 0 aliphatic carbocycles.